The number of rotatable bonds is 6. The van der Waals surface area contributed by atoms with Gasteiger partial charge in [0.1, 0.15) is 0 Å². The molecule has 0 fully saturated rings. The van der Waals surface area contributed by atoms with Crippen LogP contribution >= 0.6 is 11.8 Å². The number of non-ortho nitro benzene ring substituents is 1. The first-order valence-electron chi connectivity index (χ1n) is 6.48. The fourth-order valence-electron chi connectivity index (χ4n) is 1.90. The fourth-order valence-corrected chi connectivity index (χ4v) is 2.90. The molecule has 0 spiro atoms. The average molecular weight is 301 g/mol. The Morgan fingerprint density at radius 3 is 2.67 bits per heavy atom. The second-order valence-electron chi connectivity index (χ2n) is 4.65. The summed E-state index contributed by atoms with van der Waals surface area (Å²) in [6.07, 6.45) is 0. The summed E-state index contributed by atoms with van der Waals surface area (Å²) in [7, 11) is 0. The maximum Gasteiger partial charge on any atom is 0.270 e. The van der Waals surface area contributed by atoms with E-state index in [1.165, 1.54) is 41.1 Å². The van der Waals surface area contributed by atoms with Crippen LogP contribution in [0.3, 0.4) is 0 Å². The predicted octanol–water partition coefficient (Wildman–Crippen LogP) is 4.02. The van der Waals surface area contributed by atoms with Crippen molar-refractivity contribution in [2.75, 3.05) is 5.75 Å². The van der Waals surface area contributed by atoms with Crippen molar-refractivity contribution in [3.8, 4) is 0 Å². The van der Waals surface area contributed by atoms with Crippen molar-refractivity contribution in [1.82, 2.24) is 0 Å². The van der Waals surface area contributed by atoms with Crippen molar-refractivity contribution in [3.63, 3.8) is 0 Å². The highest BCUT2D eigenvalue weighted by molar-refractivity contribution is 7.99. The molecule has 2 aromatic rings. The van der Waals surface area contributed by atoms with E-state index in [-0.39, 0.29) is 11.5 Å². The van der Waals surface area contributed by atoms with Crippen LogP contribution < -0.4 is 0 Å². The molecule has 0 unspecified atom stereocenters. The number of nitrogens with zero attached hydrogens (tertiary/aromatic N) is 1. The summed E-state index contributed by atoms with van der Waals surface area (Å²) in [6, 6.07) is 13.9. The Hall–Kier alpha value is -2.14. The summed E-state index contributed by atoms with van der Waals surface area (Å²) < 4.78 is 0. The van der Waals surface area contributed by atoms with Crippen LogP contribution in [0, 0.1) is 17.0 Å². The molecular formula is C16H15NO3S. The zero-order valence-corrected chi connectivity index (χ0v) is 12.4. The largest absolute Gasteiger partial charge is 0.293 e. The number of hydrogen-bond acceptors (Lipinski definition) is 4. The molecule has 21 heavy (non-hydrogen) atoms. The molecule has 0 saturated carbocycles. The normalized spacial score (nSPS) is 10.3. The minimum Gasteiger partial charge on any atom is -0.293 e. The number of thioether (sulfide) groups is 1. The van der Waals surface area contributed by atoms with Gasteiger partial charge in [-0.3, -0.25) is 14.9 Å². The van der Waals surface area contributed by atoms with E-state index in [1.54, 1.807) is 6.07 Å². The Bertz CT molecular complexity index is 670. The number of benzene rings is 2. The molecule has 0 saturated heterocycles. The van der Waals surface area contributed by atoms with E-state index >= 15 is 0 Å². The van der Waals surface area contributed by atoms with Gasteiger partial charge in [0.05, 0.1) is 10.7 Å². The van der Waals surface area contributed by atoms with Crippen molar-refractivity contribution in [2.45, 2.75) is 12.7 Å². The molecule has 0 heterocycles. The lowest BCUT2D eigenvalue weighted by Crippen LogP contribution is -2.03. The van der Waals surface area contributed by atoms with Crippen molar-refractivity contribution in [2.24, 2.45) is 0 Å². The Labute approximate surface area is 127 Å². The summed E-state index contributed by atoms with van der Waals surface area (Å²) in [6.45, 7) is 2.04. The number of hydrogen-bond donors (Lipinski definition) is 0. The highest BCUT2D eigenvalue weighted by Gasteiger charge is 2.11. The number of aryl methyl sites for hydroxylation is 1. The van der Waals surface area contributed by atoms with Crippen LogP contribution in [-0.4, -0.2) is 16.5 Å². The van der Waals surface area contributed by atoms with Crippen LogP contribution in [0.2, 0.25) is 0 Å². The molecule has 5 heteroatoms. The average Bonchev–Trinajstić information content (AvgIpc) is 2.49. The van der Waals surface area contributed by atoms with Gasteiger partial charge in [0, 0.05) is 23.4 Å². The van der Waals surface area contributed by atoms with Gasteiger partial charge in [-0.15, -0.1) is 11.8 Å². The number of nitro groups is 1. The molecule has 0 bridgehead atoms. The van der Waals surface area contributed by atoms with E-state index < -0.39 is 4.92 Å². The van der Waals surface area contributed by atoms with E-state index in [1.807, 2.05) is 31.2 Å². The Morgan fingerprint density at radius 1 is 1.19 bits per heavy atom. The minimum absolute atomic E-state index is 0.0512. The number of carbonyl (C=O) groups is 1. The zero-order valence-electron chi connectivity index (χ0n) is 11.6. The molecule has 0 aliphatic rings. The molecule has 0 aliphatic heterocycles. The van der Waals surface area contributed by atoms with Gasteiger partial charge in [-0.05, 0) is 18.1 Å². The van der Waals surface area contributed by atoms with Gasteiger partial charge in [-0.1, -0.05) is 36.4 Å². The molecule has 2 rings (SSSR count). The van der Waals surface area contributed by atoms with Gasteiger partial charge in [-0.2, -0.15) is 0 Å². The SMILES string of the molecule is Cc1ccccc1CSCC(=O)c1cccc([N+](=O)[O-])c1. The second kappa shape index (κ2) is 7.04. The third kappa shape index (κ3) is 4.16. The molecule has 2 aromatic carbocycles. The lowest BCUT2D eigenvalue weighted by Gasteiger charge is -2.05. The summed E-state index contributed by atoms with van der Waals surface area (Å²) in [5, 5.41) is 10.7. The molecule has 108 valence electrons. The van der Waals surface area contributed by atoms with Crippen molar-refractivity contribution in [3.05, 3.63) is 75.3 Å². The van der Waals surface area contributed by atoms with Crippen LogP contribution in [-0.2, 0) is 5.75 Å². The first-order chi connectivity index (χ1) is 10.1. The number of Topliss-reactive ketones (excluding diaryl/α,β-unsaturated/α-hetero) is 1. The van der Waals surface area contributed by atoms with Crippen LogP contribution in [0.1, 0.15) is 21.5 Å². The van der Waals surface area contributed by atoms with E-state index in [9.17, 15) is 14.9 Å². The molecule has 4 nitrogen and oxygen atoms in total. The van der Waals surface area contributed by atoms with E-state index in [0.717, 1.165) is 5.75 Å². The van der Waals surface area contributed by atoms with Crippen LogP contribution in [0.4, 0.5) is 5.69 Å². The lowest BCUT2D eigenvalue weighted by molar-refractivity contribution is -0.384. The predicted molar refractivity (Wildman–Crippen MR) is 84.8 cm³/mol. The number of ketones is 1. The molecule has 0 radical (unpaired) electrons. The van der Waals surface area contributed by atoms with Crippen LogP contribution in [0.5, 0.6) is 0 Å². The molecule has 0 aromatic heterocycles. The monoisotopic (exact) mass is 301 g/mol. The quantitative estimate of drug-likeness (QED) is 0.459. The number of carbonyl (C=O) groups excluding carboxylic acids is 1. The third-order valence-corrected chi connectivity index (χ3v) is 4.11. The Morgan fingerprint density at radius 2 is 1.95 bits per heavy atom. The van der Waals surface area contributed by atoms with Gasteiger partial charge >= 0.3 is 0 Å². The zero-order chi connectivity index (χ0) is 15.2. The fraction of sp³-hybridized carbons (Fsp3) is 0.188. The van der Waals surface area contributed by atoms with Gasteiger partial charge in [0.2, 0.25) is 0 Å². The molecule has 0 amide bonds. The summed E-state index contributed by atoms with van der Waals surface area (Å²) in [5.41, 5.74) is 2.74. The van der Waals surface area contributed by atoms with Gasteiger partial charge in [0.15, 0.2) is 5.78 Å². The van der Waals surface area contributed by atoms with Crippen LogP contribution in [0.15, 0.2) is 48.5 Å². The van der Waals surface area contributed by atoms with Gasteiger partial charge in [0.25, 0.3) is 5.69 Å². The van der Waals surface area contributed by atoms with Crippen molar-refractivity contribution in [1.29, 1.82) is 0 Å². The first kappa shape index (κ1) is 15.3. The smallest absolute Gasteiger partial charge is 0.270 e. The minimum atomic E-state index is -0.489. The first-order valence-corrected chi connectivity index (χ1v) is 7.63. The summed E-state index contributed by atoms with van der Waals surface area (Å²) in [4.78, 5) is 22.3. The molecule has 0 N–H and O–H groups in total. The second-order valence-corrected chi connectivity index (χ2v) is 5.64. The Kier molecular flexibility index (Phi) is 5.11. The maximum absolute atomic E-state index is 12.1. The van der Waals surface area contributed by atoms with E-state index in [4.69, 9.17) is 0 Å². The molecule has 0 atom stereocenters. The van der Waals surface area contributed by atoms with Crippen molar-refractivity contribution < 1.29 is 9.72 Å². The highest BCUT2D eigenvalue weighted by Crippen LogP contribution is 2.19. The summed E-state index contributed by atoms with van der Waals surface area (Å²) in [5.74, 6) is 0.986. The topological polar surface area (TPSA) is 60.2 Å². The Balaban J connectivity index is 1.95. The van der Waals surface area contributed by atoms with Gasteiger partial charge < -0.3 is 0 Å². The number of nitro benzene ring substituents is 1. The molecular weight excluding hydrogens is 286 g/mol. The standard InChI is InChI=1S/C16H15NO3S/c1-12-5-2-3-6-14(12)10-21-11-16(18)13-7-4-8-15(9-13)17(19)20/h2-9H,10-11H2,1H3. The third-order valence-electron chi connectivity index (χ3n) is 3.13. The highest BCUT2D eigenvalue weighted by atomic mass is 32.2. The van der Waals surface area contributed by atoms with E-state index in [0.29, 0.717) is 11.3 Å². The maximum atomic E-state index is 12.1. The lowest BCUT2D eigenvalue weighted by atomic mass is 10.1. The van der Waals surface area contributed by atoms with Crippen molar-refractivity contribution >= 4 is 23.2 Å². The molecule has 0 aliphatic carbocycles. The van der Waals surface area contributed by atoms with Gasteiger partial charge in [-0.25, -0.2) is 0 Å². The van der Waals surface area contributed by atoms with Crippen LogP contribution in [0.25, 0.3) is 0 Å². The van der Waals surface area contributed by atoms with E-state index in [2.05, 4.69) is 0 Å². The summed E-state index contributed by atoms with van der Waals surface area (Å²) >= 11 is 1.52.